The molecule has 0 saturated carbocycles. The van der Waals surface area contributed by atoms with Crippen molar-refractivity contribution in [3.63, 3.8) is 0 Å². The van der Waals surface area contributed by atoms with Gasteiger partial charge < -0.3 is 16.0 Å². The number of aromatic amines is 1. The fourth-order valence-corrected chi connectivity index (χ4v) is 2.60. The van der Waals surface area contributed by atoms with Crippen LogP contribution in [0, 0.1) is 12.7 Å². The van der Waals surface area contributed by atoms with Crippen LogP contribution in [-0.2, 0) is 6.54 Å². The zero-order valence-corrected chi connectivity index (χ0v) is 14.3. The average molecular weight is 348 g/mol. The molecule has 0 spiro atoms. The van der Waals surface area contributed by atoms with E-state index in [4.69, 9.17) is 5.73 Å². The standard InChI is InChI=1S/C18H22F2N4O/c1-3-12(8-9-21)16(20)15-11(2)23-18(25)24-17(15)22-10-13-6-4-5-7-14(13)19/h4-7H,3,8-10,21H2,1-2H3,(H2,22,23,24,25)/b16-12-. The number of nitrogens with two attached hydrogens (primary N) is 1. The third-order valence-electron chi connectivity index (χ3n) is 3.93. The lowest BCUT2D eigenvalue weighted by Crippen LogP contribution is -2.18. The fraction of sp³-hybridized carbons (Fsp3) is 0.333. The molecule has 5 nitrogen and oxygen atoms in total. The maximum absolute atomic E-state index is 15.0. The number of benzene rings is 1. The number of halogens is 2. The van der Waals surface area contributed by atoms with E-state index in [1.54, 1.807) is 25.1 Å². The van der Waals surface area contributed by atoms with Crippen molar-refractivity contribution in [2.45, 2.75) is 33.2 Å². The van der Waals surface area contributed by atoms with Crippen LogP contribution < -0.4 is 16.7 Å². The van der Waals surface area contributed by atoms with E-state index < -0.39 is 11.5 Å². The van der Waals surface area contributed by atoms with Gasteiger partial charge >= 0.3 is 5.69 Å². The third-order valence-corrected chi connectivity index (χ3v) is 3.93. The Morgan fingerprint density at radius 3 is 2.72 bits per heavy atom. The third kappa shape index (κ3) is 4.51. The largest absolute Gasteiger partial charge is 0.365 e. The molecular formula is C18H22F2N4O. The Balaban J connectivity index is 2.44. The van der Waals surface area contributed by atoms with Crippen LogP contribution in [0.15, 0.2) is 34.6 Å². The summed E-state index contributed by atoms with van der Waals surface area (Å²) in [5.74, 6) is -0.748. The molecule has 0 bridgehead atoms. The van der Waals surface area contributed by atoms with Crippen molar-refractivity contribution in [1.82, 2.24) is 9.97 Å². The molecule has 134 valence electrons. The summed E-state index contributed by atoms with van der Waals surface area (Å²) in [5, 5.41) is 2.88. The first kappa shape index (κ1) is 18.8. The quantitative estimate of drug-likeness (QED) is 0.717. The van der Waals surface area contributed by atoms with Crippen LogP contribution in [0.5, 0.6) is 0 Å². The Morgan fingerprint density at radius 2 is 2.08 bits per heavy atom. The Hall–Kier alpha value is -2.54. The van der Waals surface area contributed by atoms with E-state index in [0.717, 1.165) is 0 Å². The van der Waals surface area contributed by atoms with Crippen LogP contribution in [0.2, 0.25) is 0 Å². The van der Waals surface area contributed by atoms with Crippen molar-refractivity contribution in [2.24, 2.45) is 5.73 Å². The second kappa shape index (κ2) is 8.53. The molecule has 1 aromatic heterocycles. The fourth-order valence-electron chi connectivity index (χ4n) is 2.60. The summed E-state index contributed by atoms with van der Waals surface area (Å²) in [5.41, 5.74) is 6.43. The minimum atomic E-state index is -0.595. The number of nitrogens with zero attached hydrogens (tertiary/aromatic N) is 1. The maximum Gasteiger partial charge on any atom is 0.347 e. The van der Waals surface area contributed by atoms with Gasteiger partial charge in [0.05, 0.1) is 5.56 Å². The summed E-state index contributed by atoms with van der Waals surface area (Å²) in [6, 6.07) is 6.24. The molecule has 0 atom stereocenters. The number of aromatic nitrogens is 2. The molecule has 25 heavy (non-hydrogen) atoms. The number of H-pyrrole nitrogens is 1. The lowest BCUT2D eigenvalue weighted by Gasteiger charge is -2.14. The summed E-state index contributed by atoms with van der Waals surface area (Å²) in [6.45, 7) is 3.85. The van der Waals surface area contributed by atoms with Crippen molar-refractivity contribution in [2.75, 3.05) is 11.9 Å². The summed E-state index contributed by atoms with van der Waals surface area (Å²) >= 11 is 0. The van der Waals surface area contributed by atoms with Crippen LogP contribution in [0.3, 0.4) is 0 Å². The minimum Gasteiger partial charge on any atom is -0.365 e. The van der Waals surface area contributed by atoms with Crippen molar-refractivity contribution < 1.29 is 8.78 Å². The number of rotatable bonds is 7. The normalized spacial score (nSPS) is 12.0. The van der Waals surface area contributed by atoms with Gasteiger partial charge in [0.15, 0.2) is 0 Å². The molecule has 1 aromatic carbocycles. The molecule has 0 radical (unpaired) electrons. The van der Waals surface area contributed by atoms with Gasteiger partial charge in [-0.25, -0.2) is 13.6 Å². The molecule has 1 heterocycles. The van der Waals surface area contributed by atoms with Crippen LogP contribution >= 0.6 is 0 Å². The van der Waals surface area contributed by atoms with Gasteiger partial charge in [0.25, 0.3) is 0 Å². The van der Waals surface area contributed by atoms with E-state index in [2.05, 4.69) is 15.3 Å². The van der Waals surface area contributed by atoms with E-state index >= 15 is 0 Å². The monoisotopic (exact) mass is 348 g/mol. The highest BCUT2D eigenvalue weighted by Gasteiger charge is 2.17. The molecule has 0 aliphatic heterocycles. The van der Waals surface area contributed by atoms with Crippen molar-refractivity contribution >= 4 is 11.6 Å². The predicted octanol–water partition coefficient (Wildman–Crippen LogP) is 3.27. The van der Waals surface area contributed by atoms with Gasteiger partial charge in [-0.2, -0.15) is 4.98 Å². The highest BCUT2D eigenvalue weighted by atomic mass is 19.1. The molecule has 0 amide bonds. The van der Waals surface area contributed by atoms with Gasteiger partial charge in [0.1, 0.15) is 17.5 Å². The first-order chi connectivity index (χ1) is 12.0. The molecule has 4 N–H and O–H groups in total. The first-order valence-corrected chi connectivity index (χ1v) is 8.14. The molecule has 0 aliphatic carbocycles. The summed E-state index contributed by atoms with van der Waals surface area (Å²) in [4.78, 5) is 18.0. The maximum atomic E-state index is 15.0. The van der Waals surface area contributed by atoms with E-state index in [1.165, 1.54) is 6.07 Å². The van der Waals surface area contributed by atoms with Crippen molar-refractivity contribution in [3.8, 4) is 0 Å². The van der Waals surface area contributed by atoms with Crippen LogP contribution in [0.1, 0.15) is 36.6 Å². The first-order valence-electron chi connectivity index (χ1n) is 8.14. The molecule has 0 unspecified atom stereocenters. The molecule has 0 aliphatic rings. The van der Waals surface area contributed by atoms with Crippen LogP contribution in [0.25, 0.3) is 5.83 Å². The second-order valence-corrected chi connectivity index (χ2v) is 5.65. The molecule has 2 rings (SSSR count). The van der Waals surface area contributed by atoms with E-state index in [9.17, 15) is 13.6 Å². The summed E-state index contributed by atoms with van der Waals surface area (Å²) < 4.78 is 28.8. The zero-order chi connectivity index (χ0) is 18.4. The van der Waals surface area contributed by atoms with E-state index in [-0.39, 0.29) is 23.7 Å². The molecule has 7 heteroatoms. The topological polar surface area (TPSA) is 83.8 Å². The highest BCUT2D eigenvalue weighted by molar-refractivity contribution is 5.73. The van der Waals surface area contributed by atoms with Crippen LogP contribution in [0.4, 0.5) is 14.6 Å². The van der Waals surface area contributed by atoms with Crippen LogP contribution in [-0.4, -0.2) is 16.5 Å². The average Bonchev–Trinajstić information content (AvgIpc) is 2.58. The zero-order valence-electron chi connectivity index (χ0n) is 14.3. The lowest BCUT2D eigenvalue weighted by molar-refractivity contribution is 0.613. The Kier molecular flexibility index (Phi) is 6.41. The highest BCUT2D eigenvalue weighted by Crippen LogP contribution is 2.30. The SMILES string of the molecule is CC/C(CCN)=C(/F)c1c(NCc2ccccc2F)nc(=O)[nH]c1C. The van der Waals surface area contributed by atoms with Gasteiger partial charge in [-0.3, -0.25) is 0 Å². The molecule has 0 fully saturated rings. The van der Waals surface area contributed by atoms with E-state index in [0.29, 0.717) is 36.2 Å². The molecular weight excluding hydrogens is 326 g/mol. The van der Waals surface area contributed by atoms with E-state index in [1.807, 2.05) is 6.92 Å². The minimum absolute atomic E-state index is 0.0845. The molecule has 2 aromatic rings. The van der Waals surface area contributed by atoms with Gasteiger partial charge in [0.2, 0.25) is 0 Å². The van der Waals surface area contributed by atoms with Crippen molar-refractivity contribution in [3.05, 3.63) is 63.0 Å². The lowest BCUT2D eigenvalue weighted by atomic mass is 10.0. The Morgan fingerprint density at radius 1 is 1.36 bits per heavy atom. The van der Waals surface area contributed by atoms with Crippen molar-refractivity contribution in [1.29, 1.82) is 0 Å². The Labute approximate surface area is 145 Å². The predicted molar refractivity (Wildman–Crippen MR) is 95.3 cm³/mol. The number of nitrogens with one attached hydrogen (secondary N) is 2. The number of hydrogen-bond acceptors (Lipinski definition) is 4. The van der Waals surface area contributed by atoms with Gasteiger partial charge in [0, 0.05) is 17.8 Å². The smallest absolute Gasteiger partial charge is 0.347 e. The number of anilines is 1. The summed E-state index contributed by atoms with van der Waals surface area (Å²) in [7, 11) is 0. The summed E-state index contributed by atoms with van der Waals surface area (Å²) in [6.07, 6.45) is 0.905. The van der Waals surface area contributed by atoms with Gasteiger partial charge in [-0.1, -0.05) is 25.1 Å². The Bertz CT molecular complexity index is 830. The number of aryl methyl sites for hydroxylation is 1. The van der Waals surface area contributed by atoms with Gasteiger partial charge in [-0.05, 0) is 37.9 Å². The number of hydrogen-bond donors (Lipinski definition) is 3. The second-order valence-electron chi connectivity index (χ2n) is 5.65. The molecule has 0 saturated heterocycles. The van der Waals surface area contributed by atoms with Gasteiger partial charge in [-0.15, -0.1) is 0 Å².